The molecule has 2 rings (SSSR count). The number of anilines is 1. The molecule has 0 spiro atoms. The van der Waals surface area contributed by atoms with E-state index in [2.05, 4.69) is 15.4 Å². The number of nitrogens with one attached hydrogen (secondary N) is 1. The van der Waals surface area contributed by atoms with Gasteiger partial charge in [0.15, 0.2) is 0 Å². The van der Waals surface area contributed by atoms with Gasteiger partial charge in [-0.05, 0) is 25.0 Å². The van der Waals surface area contributed by atoms with E-state index >= 15 is 0 Å². The van der Waals surface area contributed by atoms with E-state index in [-0.39, 0.29) is 18.3 Å². The summed E-state index contributed by atoms with van der Waals surface area (Å²) >= 11 is 0. The summed E-state index contributed by atoms with van der Waals surface area (Å²) in [7, 11) is 0. The highest BCUT2D eigenvalue weighted by Crippen LogP contribution is 2.19. The van der Waals surface area contributed by atoms with E-state index in [9.17, 15) is 4.79 Å². The summed E-state index contributed by atoms with van der Waals surface area (Å²) in [5.74, 6) is -0.147. The molecule has 0 saturated heterocycles. The Kier molecular flexibility index (Phi) is 3.57. The highest BCUT2D eigenvalue weighted by Gasteiger charge is 2.09. The van der Waals surface area contributed by atoms with Crippen LogP contribution in [0.4, 0.5) is 5.69 Å². The average Bonchev–Trinajstić information content (AvgIpc) is 2.81. The average molecular weight is 255 g/mol. The van der Waals surface area contributed by atoms with Crippen LogP contribution < -0.4 is 5.32 Å². The van der Waals surface area contributed by atoms with Gasteiger partial charge in [0.25, 0.3) is 5.82 Å². The zero-order valence-corrected chi connectivity index (χ0v) is 10.7. The standard InChI is InChI=1S/C13H13N5O/c1-9-4-3-5-10(2)13(9)16-12(19)7-18-8-15-11(6-14)17-18/h3-5,8H,7H2,1-2H3,(H,16,19). The van der Waals surface area contributed by atoms with Crippen LogP contribution in [0.1, 0.15) is 17.0 Å². The van der Waals surface area contributed by atoms with Gasteiger partial charge in [0.2, 0.25) is 5.91 Å². The number of benzene rings is 1. The van der Waals surface area contributed by atoms with Gasteiger partial charge < -0.3 is 5.32 Å². The lowest BCUT2D eigenvalue weighted by molar-refractivity contribution is -0.116. The second-order valence-corrected chi connectivity index (χ2v) is 4.19. The van der Waals surface area contributed by atoms with Crippen molar-refractivity contribution in [2.24, 2.45) is 0 Å². The number of aromatic nitrogens is 3. The van der Waals surface area contributed by atoms with Gasteiger partial charge in [0.05, 0.1) is 0 Å². The van der Waals surface area contributed by atoms with Crippen LogP contribution in [0, 0.1) is 25.2 Å². The summed E-state index contributed by atoms with van der Waals surface area (Å²) < 4.78 is 1.33. The monoisotopic (exact) mass is 255 g/mol. The van der Waals surface area contributed by atoms with Crippen molar-refractivity contribution in [3.8, 4) is 6.07 Å². The third kappa shape index (κ3) is 2.96. The first-order valence-electron chi connectivity index (χ1n) is 5.76. The normalized spacial score (nSPS) is 9.95. The third-order valence-corrected chi connectivity index (χ3v) is 2.69. The van der Waals surface area contributed by atoms with Crippen LogP contribution in [0.3, 0.4) is 0 Å². The Morgan fingerprint density at radius 1 is 1.42 bits per heavy atom. The quantitative estimate of drug-likeness (QED) is 0.898. The number of carbonyl (C=O) groups excluding carboxylic acids is 1. The first-order valence-corrected chi connectivity index (χ1v) is 5.76. The van der Waals surface area contributed by atoms with E-state index in [0.29, 0.717) is 0 Å². The predicted octanol–water partition coefficient (Wildman–Crippen LogP) is 1.41. The molecule has 1 aromatic heterocycles. The Labute approximate surface area is 110 Å². The molecule has 19 heavy (non-hydrogen) atoms. The van der Waals surface area contributed by atoms with Gasteiger partial charge in [-0.3, -0.25) is 4.79 Å². The van der Waals surface area contributed by atoms with Crippen molar-refractivity contribution in [3.05, 3.63) is 41.5 Å². The molecule has 0 fully saturated rings. The van der Waals surface area contributed by atoms with Crippen molar-refractivity contribution in [1.82, 2.24) is 14.8 Å². The molecular weight excluding hydrogens is 242 g/mol. The molecule has 2 aromatic rings. The fourth-order valence-corrected chi connectivity index (χ4v) is 1.76. The lowest BCUT2D eigenvalue weighted by Crippen LogP contribution is -2.20. The highest BCUT2D eigenvalue weighted by atomic mass is 16.2. The lowest BCUT2D eigenvalue weighted by atomic mass is 10.1. The fourth-order valence-electron chi connectivity index (χ4n) is 1.76. The molecule has 0 radical (unpaired) electrons. The Morgan fingerprint density at radius 2 is 2.11 bits per heavy atom. The van der Waals surface area contributed by atoms with Crippen molar-refractivity contribution in [1.29, 1.82) is 5.26 Å². The minimum absolute atomic E-state index is 0.0302. The third-order valence-electron chi connectivity index (χ3n) is 2.69. The molecule has 0 bridgehead atoms. The summed E-state index contributed by atoms with van der Waals surface area (Å²) in [5, 5.41) is 15.3. The van der Waals surface area contributed by atoms with Crippen LogP contribution in [0.5, 0.6) is 0 Å². The molecule has 1 N–H and O–H groups in total. The Balaban J connectivity index is 2.08. The topological polar surface area (TPSA) is 83.6 Å². The summed E-state index contributed by atoms with van der Waals surface area (Å²) in [4.78, 5) is 15.6. The molecule has 0 aliphatic heterocycles. The first-order chi connectivity index (χ1) is 9.10. The fraction of sp³-hybridized carbons (Fsp3) is 0.231. The maximum atomic E-state index is 11.9. The van der Waals surface area contributed by atoms with E-state index in [1.54, 1.807) is 0 Å². The van der Waals surface area contributed by atoms with Crippen LogP contribution in [-0.2, 0) is 11.3 Å². The van der Waals surface area contributed by atoms with Crippen molar-refractivity contribution < 1.29 is 4.79 Å². The molecule has 6 nitrogen and oxygen atoms in total. The van der Waals surface area contributed by atoms with Crippen molar-refractivity contribution >= 4 is 11.6 Å². The minimum Gasteiger partial charge on any atom is -0.324 e. The zero-order valence-electron chi connectivity index (χ0n) is 10.7. The Hall–Kier alpha value is -2.68. The molecule has 1 amide bonds. The first kappa shape index (κ1) is 12.8. The molecule has 0 aliphatic carbocycles. The Morgan fingerprint density at radius 3 is 2.68 bits per heavy atom. The molecule has 0 unspecified atom stereocenters. The van der Waals surface area contributed by atoms with E-state index in [1.165, 1.54) is 11.0 Å². The summed E-state index contributed by atoms with van der Waals surface area (Å²) in [5.41, 5.74) is 2.82. The molecule has 96 valence electrons. The number of para-hydroxylation sites is 1. The minimum atomic E-state index is -0.202. The van der Waals surface area contributed by atoms with Gasteiger partial charge in [-0.1, -0.05) is 18.2 Å². The molecular formula is C13H13N5O. The number of hydrogen-bond acceptors (Lipinski definition) is 4. The molecule has 0 saturated carbocycles. The van der Waals surface area contributed by atoms with Crippen LogP contribution in [-0.4, -0.2) is 20.7 Å². The van der Waals surface area contributed by atoms with Crippen molar-refractivity contribution in [2.45, 2.75) is 20.4 Å². The summed E-state index contributed by atoms with van der Waals surface area (Å²) in [6.07, 6.45) is 1.36. The zero-order chi connectivity index (χ0) is 13.8. The number of hydrogen-bond donors (Lipinski definition) is 1. The van der Waals surface area contributed by atoms with Crippen LogP contribution in [0.25, 0.3) is 0 Å². The number of rotatable bonds is 3. The van der Waals surface area contributed by atoms with E-state index in [0.717, 1.165) is 16.8 Å². The smallest absolute Gasteiger partial charge is 0.252 e. The van der Waals surface area contributed by atoms with Gasteiger partial charge in [-0.2, -0.15) is 5.26 Å². The van der Waals surface area contributed by atoms with Crippen LogP contribution in [0.15, 0.2) is 24.5 Å². The van der Waals surface area contributed by atoms with Crippen LogP contribution >= 0.6 is 0 Å². The summed E-state index contributed by atoms with van der Waals surface area (Å²) in [6.45, 7) is 3.90. The number of carbonyl (C=O) groups is 1. The summed E-state index contributed by atoms with van der Waals surface area (Å²) in [6, 6.07) is 7.63. The highest BCUT2D eigenvalue weighted by molar-refractivity contribution is 5.92. The van der Waals surface area contributed by atoms with E-state index in [1.807, 2.05) is 38.1 Å². The molecule has 1 aromatic carbocycles. The SMILES string of the molecule is Cc1cccc(C)c1NC(=O)Cn1cnc(C#N)n1. The second-order valence-electron chi connectivity index (χ2n) is 4.19. The van der Waals surface area contributed by atoms with Gasteiger partial charge in [-0.25, -0.2) is 9.67 Å². The largest absolute Gasteiger partial charge is 0.324 e. The van der Waals surface area contributed by atoms with Gasteiger partial charge in [0, 0.05) is 5.69 Å². The number of amides is 1. The molecule has 6 heteroatoms. The number of nitrogens with zero attached hydrogens (tertiary/aromatic N) is 4. The predicted molar refractivity (Wildman–Crippen MR) is 69.3 cm³/mol. The van der Waals surface area contributed by atoms with E-state index < -0.39 is 0 Å². The molecule has 0 aliphatic rings. The van der Waals surface area contributed by atoms with Gasteiger partial charge in [-0.15, -0.1) is 5.10 Å². The maximum Gasteiger partial charge on any atom is 0.252 e. The Bertz CT molecular complexity index is 633. The molecule has 1 heterocycles. The molecule has 0 atom stereocenters. The number of nitriles is 1. The van der Waals surface area contributed by atoms with Gasteiger partial charge >= 0.3 is 0 Å². The van der Waals surface area contributed by atoms with E-state index in [4.69, 9.17) is 5.26 Å². The maximum absolute atomic E-state index is 11.9. The second kappa shape index (κ2) is 5.31. The lowest BCUT2D eigenvalue weighted by Gasteiger charge is -2.11. The van der Waals surface area contributed by atoms with Crippen molar-refractivity contribution in [2.75, 3.05) is 5.32 Å². The van der Waals surface area contributed by atoms with Crippen molar-refractivity contribution in [3.63, 3.8) is 0 Å². The number of aryl methyl sites for hydroxylation is 2. The van der Waals surface area contributed by atoms with Crippen LogP contribution in [0.2, 0.25) is 0 Å². The van der Waals surface area contributed by atoms with Gasteiger partial charge in [0.1, 0.15) is 18.9 Å².